The normalized spacial score (nSPS) is 25.9. The van der Waals surface area contributed by atoms with Crippen LogP contribution in [0.5, 0.6) is 0 Å². The maximum Gasteiger partial charge on any atom is 0.129 e. The molecule has 2 rings (SSSR count). The van der Waals surface area contributed by atoms with Gasteiger partial charge in [0.2, 0.25) is 0 Å². The van der Waals surface area contributed by atoms with Crippen molar-refractivity contribution in [2.45, 2.75) is 58.0 Å². The number of nitrogens with one attached hydrogen (secondary N) is 1. The third kappa shape index (κ3) is 4.28. The summed E-state index contributed by atoms with van der Waals surface area (Å²) < 4.78 is 14.7. The molecule has 19 heavy (non-hydrogen) atoms. The van der Waals surface area contributed by atoms with Crippen LogP contribution in [0.15, 0.2) is 22.7 Å². The second-order valence-electron chi connectivity index (χ2n) is 5.86. The van der Waals surface area contributed by atoms with E-state index in [1.807, 2.05) is 12.1 Å². The number of hydrogen-bond acceptors (Lipinski definition) is 1. The first kappa shape index (κ1) is 15.0. The molecule has 1 aliphatic carbocycles. The molecule has 1 saturated carbocycles. The predicted octanol–water partition coefficient (Wildman–Crippen LogP) is 5.21. The highest BCUT2D eigenvalue weighted by Crippen LogP contribution is 2.26. The molecule has 0 aromatic heterocycles. The SMILES string of the molecule is CC1CCCC(NC(C)c2ccc(Br)cc2F)CC1. The molecule has 0 heterocycles. The maximum atomic E-state index is 13.9. The first-order valence-corrected chi connectivity index (χ1v) is 8.06. The third-order valence-corrected chi connectivity index (χ3v) is 4.67. The predicted molar refractivity (Wildman–Crippen MR) is 81.7 cm³/mol. The largest absolute Gasteiger partial charge is 0.307 e. The Hall–Kier alpha value is -0.410. The van der Waals surface area contributed by atoms with E-state index in [1.54, 1.807) is 6.07 Å². The van der Waals surface area contributed by atoms with Gasteiger partial charge in [0.25, 0.3) is 0 Å². The Labute approximate surface area is 124 Å². The van der Waals surface area contributed by atoms with Gasteiger partial charge in [-0.15, -0.1) is 0 Å². The summed E-state index contributed by atoms with van der Waals surface area (Å²) in [6.45, 7) is 4.39. The standard InChI is InChI=1S/C16H23BrFN/c1-11-4-3-5-14(8-6-11)19-12(2)15-9-7-13(17)10-16(15)18/h7,9-12,14,19H,3-6,8H2,1-2H3. The van der Waals surface area contributed by atoms with Crippen molar-refractivity contribution in [3.63, 3.8) is 0 Å². The molecule has 0 radical (unpaired) electrons. The first-order valence-electron chi connectivity index (χ1n) is 7.27. The van der Waals surface area contributed by atoms with E-state index in [0.717, 1.165) is 16.0 Å². The molecule has 1 N–H and O–H groups in total. The maximum absolute atomic E-state index is 13.9. The molecular weight excluding hydrogens is 305 g/mol. The summed E-state index contributed by atoms with van der Waals surface area (Å²) in [6, 6.07) is 5.93. The van der Waals surface area contributed by atoms with Crippen LogP contribution in [0, 0.1) is 11.7 Å². The lowest BCUT2D eigenvalue weighted by atomic mass is 10.0. The Morgan fingerprint density at radius 1 is 1.26 bits per heavy atom. The van der Waals surface area contributed by atoms with Crippen LogP contribution in [-0.4, -0.2) is 6.04 Å². The number of benzene rings is 1. The van der Waals surface area contributed by atoms with Gasteiger partial charge in [0, 0.05) is 22.1 Å². The van der Waals surface area contributed by atoms with Crippen molar-refractivity contribution in [3.05, 3.63) is 34.1 Å². The van der Waals surface area contributed by atoms with E-state index in [9.17, 15) is 4.39 Å². The average molecular weight is 328 g/mol. The highest BCUT2D eigenvalue weighted by Gasteiger charge is 2.19. The monoisotopic (exact) mass is 327 g/mol. The summed E-state index contributed by atoms with van der Waals surface area (Å²) in [5.74, 6) is 0.711. The molecular formula is C16H23BrFN. The number of halogens is 2. The van der Waals surface area contributed by atoms with Crippen LogP contribution in [0.25, 0.3) is 0 Å². The van der Waals surface area contributed by atoms with Gasteiger partial charge in [-0.25, -0.2) is 4.39 Å². The van der Waals surface area contributed by atoms with E-state index in [-0.39, 0.29) is 11.9 Å². The Morgan fingerprint density at radius 2 is 2.05 bits per heavy atom. The van der Waals surface area contributed by atoms with Crippen LogP contribution in [0.4, 0.5) is 4.39 Å². The number of rotatable bonds is 3. The molecule has 3 heteroatoms. The molecule has 1 fully saturated rings. The highest BCUT2D eigenvalue weighted by molar-refractivity contribution is 9.10. The zero-order valence-electron chi connectivity index (χ0n) is 11.8. The number of hydrogen-bond donors (Lipinski definition) is 1. The van der Waals surface area contributed by atoms with Crippen molar-refractivity contribution in [3.8, 4) is 0 Å². The molecule has 1 aromatic rings. The summed E-state index contributed by atoms with van der Waals surface area (Å²) in [6.07, 6.45) is 6.33. The summed E-state index contributed by atoms with van der Waals surface area (Å²) in [7, 11) is 0. The second kappa shape index (κ2) is 6.85. The molecule has 1 aliphatic rings. The Morgan fingerprint density at radius 3 is 2.79 bits per heavy atom. The smallest absolute Gasteiger partial charge is 0.129 e. The van der Waals surface area contributed by atoms with Crippen LogP contribution < -0.4 is 5.32 Å². The van der Waals surface area contributed by atoms with Crippen LogP contribution in [0.2, 0.25) is 0 Å². The lowest BCUT2D eigenvalue weighted by molar-refractivity contribution is 0.400. The molecule has 1 aromatic carbocycles. The lowest BCUT2D eigenvalue weighted by Gasteiger charge is -2.23. The van der Waals surface area contributed by atoms with Gasteiger partial charge >= 0.3 is 0 Å². The average Bonchev–Trinajstić information content (AvgIpc) is 2.54. The minimum atomic E-state index is -0.128. The molecule has 0 amide bonds. The first-order chi connectivity index (χ1) is 9.06. The van der Waals surface area contributed by atoms with Crippen LogP contribution in [-0.2, 0) is 0 Å². The molecule has 0 saturated heterocycles. The fraction of sp³-hybridized carbons (Fsp3) is 0.625. The summed E-state index contributed by atoms with van der Waals surface area (Å²) in [4.78, 5) is 0. The van der Waals surface area contributed by atoms with Gasteiger partial charge in [-0.05, 0) is 44.2 Å². The molecule has 1 nitrogen and oxygen atoms in total. The van der Waals surface area contributed by atoms with Gasteiger partial charge in [0.15, 0.2) is 0 Å². The molecule has 3 unspecified atom stereocenters. The molecule has 106 valence electrons. The topological polar surface area (TPSA) is 12.0 Å². The van der Waals surface area contributed by atoms with Gasteiger partial charge in [0.05, 0.1) is 0 Å². The van der Waals surface area contributed by atoms with Gasteiger partial charge in [-0.2, -0.15) is 0 Å². The van der Waals surface area contributed by atoms with Crippen LogP contribution >= 0.6 is 15.9 Å². The molecule has 0 aliphatic heterocycles. The molecule has 0 spiro atoms. The van der Waals surface area contributed by atoms with E-state index in [0.29, 0.717) is 6.04 Å². The van der Waals surface area contributed by atoms with Crippen LogP contribution in [0.3, 0.4) is 0 Å². The van der Waals surface area contributed by atoms with Gasteiger partial charge in [0.1, 0.15) is 5.82 Å². The van der Waals surface area contributed by atoms with Crippen LogP contribution in [0.1, 0.15) is 57.6 Å². The molecule has 0 bridgehead atoms. The highest BCUT2D eigenvalue weighted by atomic mass is 79.9. The van der Waals surface area contributed by atoms with Crippen molar-refractivity contribution in [1.29, 1.82) is 0 Å². The quantitative estimate of drug-likeness (QED) is 0.751. The third-order valence-electron chi connectivity index (χ3n) is 4.17. The van der Waals surface area contributed by atoms with Gasteiger partial charge in [-0.1, -0.05) is 41.8 Å². The van der Waals surface area contributed by atoms with Crippen molar-refractivity contribution < 1.29 is 4.39 Å². The minimum absolute atomic E-state index is 0.0755. The van der Waals surface area contributed by atoms with Crippen molar-refractivity contribution in [2.75, 3.05) is 0 Å². The fourth-order valence-corrected chi connectivity index (χ4v) is 3.28. The van der Waals surface area contributed by atoms with E-state index in [2.05, 4.69) is 35.1 Å². The lowest BCUT2D eigenvalue weighted by Crippen LogP contribution is -2.31. The fourth-order valence-electron chi connectivity index (χ4n) is 2.95. The second-order valence-corrected chi connectivity index (χ2v) is 6.78. The minimum Gasteiger partial charge on any atom is -0.307 e. The summed E-state index contributed by atoms with van der Waals surface area (Å²) in [5.41, 5.74) is 0.764. The van der Waals surface area contributed by atoms with Gasteiger partial charge in [-0.3, -0.25) is 0 Å². The Kier molecular flexibility index (Phi) is 5.40. The van der Waals surface area contributed by atoms with Crippen molar-refractivity contribution >= 4 is 15.9 Å². The van der Waals surface area contributed by atoms with Crippen molar-refractivity contribution in [2.24, 2.45) is 5.92 Å². The zero-order valence-corrected chi connectivity index (χ0v) is 13.3. The summed E-state index contributed by atoms with van der Waals surface area (Å²) >= 11 is 3.30. The van der Waals surface area contributed by atoms with Gasteiger partial charge < -0.3 is 5.32 Å². The Balaban J connectivity index is 1.98. The molecule has 3 atom stereocenters. The Bertz CT molecular complexity index is 421. The van der Waals surface area contributed by atoms with E-state index < -0.39 is 0 Å². The van der Waals surface area contributed by atoms with E-state index in [4.69, 9.17) is 0 Å². The van der Waals surface area contributed by atoms with E-state index in [1.165, 1.54) is 32.1 Å². The van der Waals surface area contributed by atoms with Crippen molar-refractivity contribution in [1.82, 2.24) is 5.32 Å². The van der Waals surface area contributed by atoms with E-state index >= 15 is 0 Å². The zero-order chi connectivity index (χ0) is 13.8. The summed E-state index contributed by atoms with van der Waals surface area (Å²) in [5, 5.41) is 3.60.